The number of anilines is 4. The van der Waals surface area contributed by atoms with Crippen LogP contribution in [-0.2, 0) is 40.5 Å². The number of fused-ring (bicyclic) bond motifs is 4. The normalized spacial score (nSPS) is 12.5. The van der Waals surface area contributed by atoms with Crippen LogP contribution in [-0.4, -0.2) is 74.2 Å². The van der Waals surface area contributed by atoms with E-state index in [1.54, 1.807) is 13.0 Å². The molecule has 0 radical (unpaired) electrons. The van der Waals surface area contributed by atoms with Gasteiger partial charge in [0.1, 0.15) is 31.0 Å². The predicted molar refractivity (Wildman–Crippen MR) is 283 cm³/mol. The van der Waals surface area contributed by atoms with Crippen LogP contribution in [0.5, 0.6) is 11.5 Å². The molecule has 0 heterocycles. The number of urea groups is 2. The zero-order chi connectivity index (χ0) is 55.4. The van der Waals surface area contributed by atoms with Crippen LogP contribution in [0.3, 0.4) is 0 Å². The highest BCUT2D eigenvalue weighted by Crippen LogP contribution is 2.45. The number of carbonyl (C=O) groups is 2. The van der Waals surface area contributed by atoms with Crippen molar-refractivity contribution < 1.29 is 71.7 Å². The molecule has 0 aromatic heterocycles. The molecular weight excluding hydrogens is 1080 g/mol. The first-order valence-electron chi connectivity index (χ1n) is 21.9. The van der Waals surface area contributed by atoms with Crippen molar-refractivity contribution in [2.45, 2.75) is 26.5 Å². The molecule has 392 valence electrons. The molecule has 24 nitrogen and oxygen atoms in total. The zero-order valence-corrected chi connectivity index (χ0v) is 42.2. The van der Waals surface area contributed by atoms with E-state index in [-0.39, 0.29) is 77.2 Å². The van der Waals surface area contributed by atoms with Crippen molar-refractivity contribution in [3.8, 4) is 11.5 Å². The number of phenolic OH excluding ortho intramolecular Hbond substituents is 2. The third-order valence-electron chi connectivity index (χ3n) is 11.7. The van der Waals surface area contributed by atoms with Gasteiger partial charge in [-0.1, -0.05) is 54.6 Å². The SMILES string of the molecule is Cc1ccc(NC(=O)Nc2ccc3c(O)c(N=Nc4cccc5c(S(=O)(=O)O)cccc45)c(S(=O)(=O)O)cc3c2)cc1NC(=O)Nc1ccc2c(O)c(N=Nc3cccc4c(S(=O)(=O)O)cccc34)c(S(=O)(=O)O)cc2c1. The van der Waals surface area contributed by atoms with Crippen LogP contribution in [0.25, 0.3) is 43.1 Å². The molecule has 0 aliphatic carbocycles. The fourth-order valence-corrected chi connectivity index (χ4v) is 10.9. The van der Waals surface area contributed by atoms with E-state index in [2.05, 4.69) is 41.7 Å². The van der Waals surface area contributed by atoms with Crippen molar-refractivity contribution in [2.24, 2.45) is 20.5 Å². The van der Waals surface area contributed by atoms with E-state index in [9.17, 15) is 71.7 Å². The zero-order valence-electron chi connectivity index (χ0n) is 39.0. The lowest BCUT2D eigenvalue weighted by molar-refractivity contribution is 0.261. The van der Waals surface area contributed by atoms with E-state index in [0.29, 0.717) is 5.56 Å². The third kappa shape index (κ3) is 11.1. The van der Waals surface area contributed by atoms with Crippen molar-refractivity contribution in [3.63, 3.8) is 0 Å². The number of rotatable bonds is 12. The van der Waals surface area contributed by atoms with E-state index >= 15 is 0 Å². The van der Waals surface area contributed by atoms with Crippen molar-refractivity contribution in [1.29, 1.82) is 0 Å². The Balaban J connectivity index is 0.904. The van der Waals surface area contributed by atoms with Crippen LogP contribution in [0.4, 0.5) is 55.1 Å². The molecule has 10 N–H and O–H groups in total. The first-order valence-corrected chi connectivity index (χ1v) is 27.6. The summed E-state index contributed by atoms with van der Waals surface area (Å²) in [5.41, 5.74) is -0.153. The van der Waals surface area contributed by atoms with E-state index in [0.717, 1.165) is 12.1 Å². The Kier molecular flexibility index (Phi) is 13.7. The number of azo groups is 2. The highest BCUT2D eigenvalue weighted by atomic mass is 32.2. The van der Waals surface area contributed by atoms with Gasteiger partial charge in [-0.3, -0.25) is 18.2 Å². The Hall–Kier alpha value is -9.00. The number of carbonyl (C=O) groups excluding carboxylic acids is 2. The van der Waals surface area contributed by atoms with Gasteiger partial charge in [0.05, 0.1) is 11.4 Å². The van der Waals surface area contributed by atoms with Gasteiger partial charge in [0, 0.05) is 55.1 Å². The minimum absolute atomic E-state index is 0.0209. The van der Waals surface area contributed by atoms with E-state index < -0.39 is 95.0 Å². The third-order valence-corrected chi connectivity index (χ3v) is 15.3. The number of hydrogen-bond donors (Lipinski definition) is 10. The second-order valence-corrected chi connectivity index (χ2v) is 22.3. The fourth-order valence-electron chi connectivity index (χ4n) is 8.22. The lowest BCUT2D eigenvalue weighted by atomic mass is 10.1. The lowest BCUT2D eigenvalue weighted by Gasteiger charge is -2.14. The van der Waals surface area contributed by atoms with Gasteiger partial charge in [-0.05, 0) is 108 Å². The second-order valence-electron chi connectivity index (χ2n) is 16.8. The Morgan fingerprint density at radius 3 is 1.17 bits per heavy atom. The molecular formula is C49H36N8O16S4. The van der Waals surface area contributed by atoms with E-state index in [1.165, 1.54) is 121 Å². The minimum atomic E-state index is -5.09. The molecule has 9 aromatic rings. The standard InChI is InChI=1S/C49H36N8O16S4/c1-25-14-15-30(52-48(60)50-28-16-18-31-26(20-28)22-42(76(68,69)70)44(46(31)58)56-54-37-10-2-8-35-33(37)6-4-12-40(35)74(62,63)64)24-39(25)53-49(61)51-29-17-19-32-27(21-29)23-43(77(71,72)73)45(47(32)59)57-55-38-11-3-9-36-34(38)7-5-13-41(36)75(65,66)67/h2-24,58-59H,1H3,(H2,50,52,60)(H2,51,53,61)(H,62,63,64)(H,65,66,67)(H,68,69,70)(H,71,72,73). The summed E-state index contributed by atoms with van der Waals surface area (Å²) in [6.07, 6.45) is 0. The summed E-state index contributed by atoms with van der Waals surface area (Å²) in [6, 6.07) is 29.3. The smallest absolute Gasteiger partial charge is 0.323 e. The minimum Gasteiger partial charge on any atom is -0.505 e. The van der Waals surface area contributed by atoms with Crippen LogP contribution in [0, 0.1) is 6.92 Å². The fraction of sp³-hybridized carbons (Fsp3) is 0.0204. The summed E-state index contributed by atoms with van der Waals surface area (Å²) in [7, 11) is -19.5. The van der Waals surface area contributed by atoms with Gasteiger partial charge in [0.2, 0.25) is 0 Å². The van der Waals surface area contributed by atoms with Gasteiger partial charge in [-0.2, -0.15) is 33.7 Å². The van der Waals surface area contributed by atoms with Crippen LogP contribution < -0.4 is 21.3 Å². The van der Waals surface area contributed by atoms with Gasteiger partial charge in [0.25, 0.3) is 40.5 Å². The summed E-state index contributed by atoms with van der Waals surface area (Å²) < 4.78 is 138. The van der Waals surface area contributed by atoms with Crippen LogP contribution in [0.1, 0.15) is 5.56 Å². The Morgan fingerprint density at radius 1 is 0.390 bits per heavy atom. The second kappa shape index (κ2) is 19.9. The van der Waals surface area contributed by atoms with Crippen molar-refractivity contribution in [3.05, 3.63) is 145 Å². The Morgan fingerprint density at radius 2 is 0.753 bits per heavy atom. The number of phenols is 2. The molecule has 0 aliphatic heterocycles. The average Bonchev–Trinajstić information content (AvgIpc) is 3.37. The number of aryl methyl sites for hydroxylation is 1. The van der Waals surface area contributed by atoms with Gasteiger partial charge in [0.15, 0.2) is 11.5 Å². The summed E-state index contributed by atoms with van der Waals surface area (Å²) >= 11 is 0. The molecule has 28 heteroatoms. The van der Waals surface area contributed by atoms with Gasteiger partial charge in [-0.25, -0.2) is 9.59 Å². The lowest BCUT2D eigenvalue weighted by Crippen LogP contribution is -2.21. The topological polar surface area (TPSA) is 390 Å². The van der Waals surface area contributed by atoms with Gasteiger partial charge < -0.3 is 31.5 Å². The Bertz CT molecular complexity index is 4560. The molecule has 0 spiro atoms. The molecule has 0 bridgehead atoms. The molecule has 4 amide bonds. The van der Waals surface area contributed by atoms with Gasteiger partial charge in [-0.15, -0.1) is 20.5 Å². The van der Waals surface area contributed by atoms with E-state index in [4.69, 9.17) is 0 Å². The Labute approximate surface area is 435 Å². The summed E-state index contributed by atoms with van der Waals surface area (Å²) in [4.78, 5) is 24.0. The summed E-state index contributed by atoms with van der Waals surface area (Å²) in [5, 5.41) is 49.4. The number of nitrogens with zero attached hydrogens (tertiary/aromatic N) is 4. The molecule has 77 heavy (non-hydrogen) atoms. The number of aromatic hydroxyl groups is 2. The number of amides is 4. The molecule has 0 fully saturated rings. The average molecular weight is 1120 g/mol. The first-order chi connectivity index (χ1) is 36.2. The quantitative estimate of drug-likeness (QED) is 0.0401. The van der Waals surface area contributed by atoms with E-state index in [1.807, 2.05) is 0 Å². The monoisotopic (exact) mass is 1120 g/mol. The first kappa shape index (κ1) is 52.8. The number of hydrogen-bond acceptors (Lipinski definition) is 16. The largest absolute Gasteiger partial charge is 0.505 e. The van der Waals surface area contributed by atoms with Crippen molar-refractivity contribution >= 4 is 141 Å². The molecule has 0 saturated heterocycles. The van der Waals surface area contributed by atoms with Crippen molar-refractivity contribution in [2.75, 3.05) is 21.3 Å². The molecule has 0 unspecified atom stereocenters. The maximum absolute atomic E-state index is 13.3. The molecule has 9 rings (SSSR count). The number of nitrogens with one attached hydrogen (secondary N) is 4. The summed E-state index contributed by atoms with van der Waals surface area (Å²) in [6.45, 7) is 1.66. The highest BCUT2D eigenvalue weighted by Gasteiger charge is 2.25. The van der Waals surface area contributed by atoms with Crippen LogP contribution in [0.2, 0.25) is 0 Å². The van der Waals surface area contributed by atoms with Crippen molar-refractivity contribution in [1.82, 2.24) is 0 Å². The predicted octanol–water partition coefficient (Wildman–Crippen LogP) is 11.1. The molecule has 0 aliphatic rings. The van der Waals surface area contributed by atoms with Crippen LogP contribution >= 0.6 is 0 Å². The highest BCUT2D eigenvalue weighted by molar-refractivity contribution is 7.86. The molecule has 0 saturated carbocycles. The molecule has 0 atom stereocenters. The van der Waals surface area contributed by atoms with Crippen LogP contribution in [0.15, 0.2) is 180 Å². The van der Waals surface area contributed by atoms with Gasteiger partial charge >= 0.3 is 12.1 Å². The maximum atomic E-state index is 13.3. The maximum Gasteiger partial charge on any atom is 0.323 e. The molecule has 9 aromatic carbocycles. The summed E-state index contributed by atoms with van der Waals surface area (Å²) in [5.74, 6) is -1.44. The number of benzene rings is 9.